The van der Waals surface area contributed by atoms with Crippen LogP contribution in [-0.2, 0) is 11.2 Å². The van der Waals surface area contributed by atoms with Crippen LogP contribution in [0, 0.1) is 0 Å². The molecule has 1 unspecified atom stereocenters. The van der Waals surface area contributed by atoms with E-state index >= 15 is 0 Å². The first-order valence-corrected chi connectivity index (χ1v) is 8.33. The summed E-state index contributed by atoms with van der Waals surface area (Å²) in [4.78, 5) is 23.9. The van der Waals surface area contributed by atoms with E-state index in [1.165, 1.54) is 0 Å². The summed E-state index contributed by atoms with van der Waals surface area (Å²) in [7, 11) is 1.56. The molecule has 0 spiro atoms. The number of hydrogen-bond acceptors (Lipinski definition) is 3. The summed E-state index contributed by atoms with van der Waals surface area (Å²) < 4.78 is 5.97. The number of methoxy groups -OCH3 is 1. The SMILES string of the molecule is COc1cc(Br)cc(C(=O)NC(C)c2ccc3c(c2)CC(=O)N3)c1. The molecule has 2 amide bonds. The van der Waals surface area contributed by atoms with E-state index in [1.807, 2.05) is 25.1 Å². The fraction of sp³-hybridized carbons (Fsp3) is 0.222. The van der Waals surface area contributed by atoms with Crippen LogP contribution in [0.1, 0.15) is 34.5 Å². The predicted molar refractivity (Wildman–Crippen MR) is 95.4 cm³/mol. The van der Waals surface area contributed by atoms with Gasteiger partial charge in [0.05, 0.1) is 19.6 Å². The van der Waals surface area contributed by atoms with Gasteiger partial charge in [0.1, 0.15) is 5.75 Å². The van der Waals surface area contributed by atoms with Gasteiger partial charge in [-0.05, 0) is 42.3 Å². The molecule has 2 N–H and O–H groups in total. The van der Waals surface area contributed by atoms with E-state index in [9.17, 15) is 9.59 Å². The summed E-state index contributed by atoms with van der Waals surface area (Å²) in [5, 5.41) is 5.78. The minimum absolute atomic E-state index is 0.0000643. The van der Waals surface area contributed by atoms with Crippen LogP contribution >= 0.6 is 15.9 Å². The molecule has 3 rings (SSSR count). The molecule has 0 saturated heterocycles. The topological polar surface area (TPSA) is 67.4 Å². The third-order valence-electron chi connectivity index (χ3n) is 3.97. The maximum Gasteiger partial charge on any atom is 0.251 e. The molecule has 1 heterocycles. The second-order valence-electron chi connectivity index (χ2n) is 5.72. The van der Waals surface area contributed by atoms with Crippen molar-refractivity contribution >= 4 is 33.4 Å². The Kier molecular flexibility index (Phi) is 4.57. The van der Waals surface area contributed by atoms with Crippen molar-refractivity contribution in [2.45, 2.75) is 19.4 Å². The first-order chi connectivity index (χ1) is 11.5. The van der Waals surface area contributed by atoms with Gasteiger partial charge < -0.3 is 15.4 Å². The van der Waals surface area contributed by atoms with Crippen molar-refractivity contribution in [1.82, 2.24) is 5.32 Å². The van der Waals surface area contributed by atoms with Crippen LogP contribution in [-0.4, -0.2) is 18.9 Å². The molecule has 1 aliphatic heterocycles. The summed E-state index contributed by atoms with van der Waals surface area (Å²) in [5.41, 5.74) is 3.29. The first kappa shape index (κ1) is 16.5. The fourth-order valence-electron chi connectivity index (χ4n) is 2.69. The van der Waals surface area contributed by atoms with Crippen LogP contribution in [0.25, 0.3) is 0 Å². The smallest absolute Gasteiger partial charge is 0.251 e. The number of benzene rings is 2. The van der Waals surface area contributed by atoms with Crippen molar-refractivity contribution in [2.75, 3.05) is 12.4 Å². The average Bonchev–Trinajstić information content (AvgIpc) is 2.93. The Morgan fingerprint density at radius 1 is 1.29 bits per heavy atom. The van der Waals surface area contributed by atoms with Crippen LogP contribution < -0.4 is 15.4 Å². The standard InChI is InChI=1S/C18H17BrN2O3/c1-10(11-3-4-16-12(5-11)8-17(22)21-16)20-18(23)13-6-14(19)9-15(7-13)24-2/h3-7,9-10H,8H2,1-2H3,(H,20,23)(H,21,22). The second kappa shape index (κ2) is 6.65. The molecular weight excluding hydrogens is 372 g/mol. The zero-order valence-corrected chi connectivity index (χ0v) is 14.9. The molecule has 2 aromatic carbocycles. The summed E-state index contributed by atoms with van der Waals surface area (Å²) in [6.45, 7) is 1.92. The van der Waals surface area contributed by atoms with Crippen LogP contribution in [0.15, 0.2) is 40.9 Å². The van der Waals surface area contributed by atoms with Crippen molar-refractivity contribution in [1.29, 1.82) is 0 Å². The Morgan fingerprint density at radius 2 is 2.08 bits per heavy atom. The van der Waals surface area contributed by atoms with E-state index in [4.69, 9.17) is 4.74 Å². The minimum atomic E-state index is -0.184. The second-order valence-corrected chi connectivity index (χ2v) is 6.63. The maximum absolute atomic E-state index is 12.5. The molecule has 0 fully saturated rings. The lowest BCUT2D eigenvalue weighted by atomic mass is 10.0. The normalized spacial score (nSPS) is 13.9. The zero-order chi connectivity index (χ0) is 17.3. The van der Waals surface area contributed by atoms with Crippen molar-refractivity contribution in [3.05, 3.63) is 57.6 Å². The Labute approximate surface area is 148 Å². The van der Waals surface area contributed by atoms with Crippen LogP contribution in [0.3, 0.4) is 0 Å². The van der Waals surface area contributed by atoms with Gasteiger partial charge in [-0.15, -0.1) is 0 Å². The number of rotatable bonds is 4. The van der Waals surface area contributed by atoms with E-state index < -0.39 is 0 Å². The highest BCUT2D eigenvalue weighted by atomic mass is 79.9. The number of carbonyl (C=O) groups is 2. The van der Waals surface area contributed by atoms with Gasteiger partial charge in [-0.1, -0.05) is 28.1 Å². The van der Waals surface area contributed by atoms with Gasteiger partial charge in [0, 0.05) is 15.7 Å². The van der Waals surface area contributed by atoms with Gasteiger partial charge >= 0.3 is 0 Å². The first-order valence-electron chi connectivity index (χ1n) is 7.54. The van der Waals surface area contributed by atoms with Gasteiger partial charge in [-0.3, -0.25) is 9.59 Å². The molecule has 5 nitrogen and oxygen atoms in total. The predicted octanol–water partition coefficient (Wildman–Crippen LogP) is 3.44. The maximum atomic E-state index is 12.5. The van der Waals surface area contributed by atoms with Crippen molar-refractivity contribution < 1.29 is 14.3 Å². The lowest BCUT2D eigenvalue weighted by Gasteiger charge is -2.16. The molecule has 6 heteroatoms. The Balaban J connectivity index is 1.76. The zero-order valence-electron chi connectivity index (χ0n) is 13.4. The molecule has 124 valence electrons. The highest BCUT2D eigenvalue weighted by Gasteiger charge is 2.19. The number of carbonyl (C=O) groups excluding carboxylic acids is 2. The molecule has 0 aromatic heterocycles. The summed E-state index contributed by atoms with van der Waals surface area (Å²) in [6, 6.07) is 10.8. The third-order valence-corrected chi connectivity index (χ3v) is 4.43. The molecular formula is C18H17BrN2O3. The largest absolute Gasteiger partial charge is 0.497 e. The molecule has 24 heavy (non-hydrogen) atoms. The number of fused-ring (bicyclic) bond motifs is 1. The Morgan fingerprint density at radius 3 is 2.83 bits per heavy atom. The molecule has 2 aromatic rings. The summed E-state index contributed by atoms with van der Waals surface area (Å²) >= 11 is 3.37. The molecule has 0 radical (unpaired) electrons. The number of ether oxygens (including phenoxy) is 1. The monoisotopic (exact) mass is 388 g/mol. The van der Waals surface area contributed by atoms with E-state index in [-0.39, 0.29) is 17.9 Å². The highest BCUT2D eigenvalue weighted by molar-refractivity contribution is 9.10. The van der Waals surface area contributed by atoms with Gasteiger partial charge in [0.2, 0.25) is 5.91 Å². The Bertz CT molecular complexity index is 820. The minimum Gasteiger partial charge on any atom is -0.497 e. The fourth-order valence-corrected chi connectivity index (χ4v) is 3.17. The van der Waals surface area contributed by atoms with E-state index in [0.29, 0.717) is 17.7 Å². The molecule has 0 saturated carbocycles. The van der Waals surface area contributed by atoms with Crippen LogP contribution in [0.4, 0.5) is 5.69 Å². The lowest BCUT2D eigenvalue weighted by molar-refractivity contribution is -0.115. The Hall–Kier alpha value is -2.34. The number of nitrogens with one attached hydrogen (secondary N) is 2. The number of amides is 2. The van der Waals surface area contributed by atoms with Crippen molar-refractivity contribution in [3.63, 3.8) is 0 Å². The summed E-state index contributed by atoms with van der Waals surface area (Å²) in [5.74, 6) is 0.432. The van der Waals surface area contributed by atoms with Gasteiger partial charge in [0.15, 0.2) is 0 Å². The third kappa shape index (κ3) is 3.43. The quantitative estimate of drug-likeness (QED) is 0.842. The van der Waals surface area contributed by atoms with E-state index in [0.717, 1.165) is 21.3 Å². The van der Waals surface area contributed by atoms with Crippen LogP contribution in [0.2, 0.25) is 0 Å². The number of halogens is 1. The number of hydrogen-bond donors (Lipinski definition) is 2. The van der Waals surface area contributed by atoms with Crippen molar-refractivity contribution in [3.8, 4) is 5.75 Å². The van der Waals surface area contributed by atoms with E-state index in [1.54, 1.807) is 25.3 Å². The number of anilines is 1. The molecule has 1 atom stereocenters. The molecule has 0 aliphatic carbocycles. The molecule has 1 aliphatic rings. The highest BCUT2D eigenvalue weighted by Crippen LogP contribution is 2.27. The van der Waals surface area contributed by atoms with Crippen molar-refractivity contribution in [2.24, 2.45) is 0 Å². The average molecular weight is 389 g/mol. The summed E-state index contributed by atoms with van der Waals surface area (Å²) in [6.07, 6.45) is 0.382. The van der Waals surface area contributed by atoms with Gasteiger partial charge in [-0.2, -0.15) is 0 Å². The van der Waals surface area contributed by atoms with E-state index in [2.05, 4.69) is 26.6 Å². The lowest BCUT2D eigenvalue weighted by Crippen LogP contribution is -2.26. The van der Waals surface area contributed by atoms with Crippen LogP contribution in [0.5, 0.6) is 5.75 Å². The van der Waals surface area contributed by atoms with Gasteiger partial charge in [0.25, 0.3) is 5.91 Å². The molecule has 0 bridgehead atoms. The van der Waals surface area contributed by atoms with Gasteiger partial charge in [-0.25, -0.2) is 0 Å².